The van der Waals surface area contributed by atoms with Crippen LogP contribution in [0.2, 0.25) is 0 Å². The number of carbonyl (C=O) groups excluding carboxylic acids is 1. The lowest BCUT2D eigenvalue weighted by molar-refractivity contribution is 0.215. The van der Waals surface area contributed by atoms with Gasteiger partial charge in [0.1, 0.15) is 11.4 Å². The molecule has 1 amide bonds. The van der Waals surface area contributed by atoms with Crippen molar-refractivity contribution in [1.29, 1.82) is 0 Å². The van der Waals surface area contributed by atoms with Crippen LogP contribution in [0.5, 0.6) is 5.75 Å². The zero-order chi connectivity index (χ0) is 14.8. The van der Waals surface area contributed by atoms with Gasteiger partial charge in [-0.25, -0.2) is 9.78 Å². The van der Waals surface area contributed by atoms with Crippen molar-refractivity contribution in [3.05, 3.63) is 60.0 Å². The zero-order valence-electron chi connectivity index (χ0n) is 11.8. The normalized spacial score (nSPS) is 10.6. The van der Waals surface area contributed by atoms with Crippen LogP contribution in [0.1, 0.15) is 11.4 Å². The number of aryl methyl sites for hydroxylation is 2. The van der Waals surface area contributed by atoms with Crippen LogP contribution in [-0.4, -0.2) is 15.5 Å². The van der Waals surface area contributed by atoms with Gasteiger partial charge in [-0.3, -0.25) is 5.32 Å². The summed E-state index contributed by atoms with van der Waals surface area (Å²) < 4.78 is 7.13. The average molecular weight is 281 g/mol. The number of rotatable bonds is 2. The van der Waals surface area contributed by atoms with Gasteiger partial charge in [0, 0.05) is 11.9 Å². The number of hydrogen-bond donors (Lipinski definition) is 1. The van der Waals surface area contributed by atoms with Gasteiger partial charge < -0.3 is 9.14 Å². The Kier molecular flexibility index (Phi) is 3.31. The molecule has 2 heterocycles. The molecule has 5 heteroatoms. The fourth-order valence-electron chi connectivity index (χ4n) is 2.09. The molecule has 1 aromatic carbocycles. The lowest BCUT2D eigenvalue weighted by atomic mass is 10.3. The molecule has 0 saturated carbocycles. The summed E-state index contributed by atoms with van der Waals surface area (Å²) in [4.78, 5) is 16.3. The van der Waals surface area contributed by atoms with E-state index in [1.165, 1.54) is 0 Å². The van der Waals surface area contributed by atoms with E-state index in [0.29, 0.717) is 11.4 Å². The third-order valence-electron chi connectivity index (χ3n) is 3.29. The standard InChI is InChI=1S/C16H15N3O2/c1-11-12(2)19-10-13(8-9-15(19)17-11)18-16(20)21-14-6-4-3-5-7-14/h3-10H,1-2H3,(H,18,20). The van der Waals surface area contributed by atoms with Gasteiger partial charge in [-0.05, 0) is 38.1 Å². The number of aromatic nitrogens is 2. The van der Waals surface area contributed by atoms with E-state index in [2.05, 4.69) is 10.3 Å². The highest BCUT2D eigenvalue weighted by Crippen LogP contribution is 2.16. The van der Waals surface area contributed by atoms with Gasteiger partial charge in [0.25, 0.3) is 0 Å². The van der Waals surface area contributed by atoms with E-state index < -0.39 is 6.09 Å². The Hall–Kier alpha value is -2.82. The first kappa shape index (κ1) is 13.2. The Morgan fingerprint density at radius 3 is 2.67 bits per heavy atom. The van der Waals surface area contributed by atoms with Crippen molar-refractivity contribution in [3.63, 3.8) is 0 Å². The van der Waals surface area contributed by atoms with Crippen LogP contribution in [0, 0.1) is 13.8 Å². The summed E-state index contributed by atoms with van der Waals surface area (Å²) in [5.74, 6) is 0.505. The predicted octanol–water partition coefficient (Wildman–Crippen LogP) is 3.56. The van der Waals surface area contributed by atoms with Gasteiger partial charge in [0.05, 0.1) is 11.4 Å². The molecule has 0 saturated heterocycles. The van der Waals surface area contributed by atoms with Gasteiger partial charge >= 0.3 is 6.09 Å². The molecule has 0 spiro atoms. The Morgan fingerprint density at radius 2 is 1.90 bits per heavy atom. The van der Waals surface area contributed by atoms with E-state index in [1.807, 2.05) is 48.7 Å². The van der Waals surface area contributed by atoms with Gasteiger partial charge in [0.15, 0.2) is 0 Å². The number of amides is 1. The van der Waals surface area contributed by atoms with Crippen LogP contribution in [0.15, 0.2) is 48.7 Å². The van der Waals surface area contributed by atoms with Crippen LogP contribution in [0.3, 0.4) is 0 Å². The molecule has 0 aliphatic carbocycles. The highest BCUT2D eigenvalue weighted by Gasteiger charge is 2.08. The number of fused-ring (bicyclic) bond motifs is 1. The fraction of sp³-hybridized carbons (Fsp3) is 0.125. The quantitative estimate of drug-likeness (QED) is 0.781. The number of para-hydroxylation sites is 1. The monoisotopic (exact) mass is 281 g/mol. The number of imidazole rings is 1. The maximum absolute atomic E-state index is 11.8. The number of nitrogens with zero attached hydrogens (tertiary/aromatic N) is 2. The van der Waals surface area contributed by atoms with Crippen LogP contribution >= 0.6 is 0 Å². The maximum Gasteiger partial charge on any atom is 0.417 e. The number of anilines is 1. The molecule has 0 unspecified atom stereocenters. The number of hydrogen-bond acceptors (Lipinski definition) is 3. The first-order chi connectivity index (χ1) is 10.1. The minimum Gasteiger partial charge on any atom is -0.410 e. The highest BCUT2D eigenvalue weighted by atomic mass is 16.6. The zero-order valence-corrected chi connectivity index (χ0v) is 11.8. The van der Waals surface area contributed by atoms with Gasteiger partial charge in [0.2, 0.25) is 0 Å². The average Bonchev–Trinajstić information content (AvgIpc) is 2.75. The first-order valence-corrected chi connectivity index (χ1v) is 6.63. The molecule has 5 nitrogen and oxygen atoms in total. The first-order valence-electron chi connectivity index (χ1n) is 6.63. The fourth-order valence-corrected chi connectivity index (χ4v) is 2.09. The number of pyridine rings is 1. The Balaban J connectivity index is 1.78. The molecule has 0 radical (unpaired) electrons. The maximum atomic E-state index is 11.8. The molecular formula is C16H15N3O2. The van der Waals surface area contributed by atoms with Crippen LogP contribution < -0.4 is 10.1 Å². The van der Waals surface area contributed by atoms with Crippen molar-refractivity contribution in [2.24, 2.45) is 0 Å². The summed E-state index contributed by atoms with van der Waals surface area (Å²) in [5, 5.41) is 2.71. The van der Waals surface area contributed by atoms with Gasteiger partial charge in [-0.1, -0.05) is 18.2 Å². The predicted molar refractivity (Wildman–Crippen MR) is 80.8 cm³/mol. The molecule has 3 aromatic rings. The highest BCUT2D eigenvalue weighted by molar-refractivity contribution is 5.86. The van der Waals surface area contributed by atoms with Crippen LogP contribution in [0.4, 0.5) is 10.5 Å². The van der Waals surface area contributed by atoms with E-state index in [9.17, 15) is 4.79 Å². The Bertz CT molecular complexity index is 794. The molecule has 3 rings (SSSR count). The van der Waals surface area contributed by atoms with Crippen LogP contribution in [0.25, 0.3) is 5.65 Å². The lowest BCUT2D eigenvalue weighted by Gasteiger charge is -2.07. The molecule has 0 bridgehead atoms. The number of ether oxygens (including phenoxy) is 1. The molecule has 0 fully saturated rings. The molecule has 0 aliphatic rings. The summed E-state index contributed by atoms with van der Waals surface area (Å²) in [7, 11) is 0. The van der Waals surface area contributed by atoms with E-state index >= 15 is 0 Å². The third kappa shape index (κ3) is 2.72. The van der Waals surface area contributed by atoms with Crippen molar-refractivity contribution in [2.45, 2.75) is 13.8 Å². The molecule has 21 heavy (non-hydrogen) atoms. The van der Waals surface area contributed by atoms with E-state index in [1.54, 1.807) is 18.2 Å². The van der Waals surface area contributed by atoms with E-state index in [0.717, 1.165) is 17.0 Å². The van der Waals surface area contributed by atoms with Crippen molar-refractivity contribution in [3.8, 4) is 5.75 Å². The summed E-state index contributed by atoms with van der Waals surface area (Å²) in [6, 6.07) is 12.6. The smallest absolute Gasteiger partial charge is 0.410 e. The van der Waals surface area contributed by atoms with Gasteiger partial charge in [-0.15, -0.1) is 0 Å². The molecule has 0 aliphatic heterocycles. The topological polar surface area (TPSA) is 55.6 Å². The third-order valence-corrected chi connectivity index (χ3v) is 3.29. The largest absolute Gasteiger partial charge is 0.417 e. The van der Waals surface area contributed by atoms with Crippen molar-refractivity contribution in [1.82, 2.24) is 9.38 Å². The summed E-state index contributed by atoms with van der Waals surface area (Å²) in [6.45, 7) is 3.94. The minimum atomic E-state index is -0.518. The van der Waals surface area contributed by atoms with Crippen molar-refractivity contribution < 1.29 is 9.53 Å². The second-order valence-corrected chi connectivity index (χ2v) is 4.76. The van der Waals surface area contributed by atoms with E-state index in [4.69, 9.17) is 4.74 Å². The summed E-state index contributed by atoms with van der Waals surface area (Å²) in [5.41, 5.74) is 3.53. The number of carbonyl (C=O) groups is 1. The molecular weight excluding hydrogens is 266 g/mol. The van der Waals surface area contributed by atoms with E-state index in [-0.39, 0.29) is 0 Å². The van der Waals surface area contributed by atoms with Gasteiger partial charge in [-0.2, -0.15) is 0 Å². The molecule has 0 atom stereocenters. The summed E-state index contributed by atoms with van der Waals surface area (Å²) >= 11 is 0. The summed E-state index contributed by atoms with van der Waals surface area (Å²) in [6.07, 6.45) is 1.31. The second kappa shape index (κ2) is 5.28. The molecule has 2 aromatic heterocycles. The molecule has 1 N–H and O–H groups in total. The minimum absolute atomic E-state index is 0.505. The van der Waals surface area contributed by atoms with Crippen molar-refractivity contribution in [2.75, 3.05) is 5.32 Å². The molecule has 106 valence electrons. The second-order valence-electron chi connectivity index (χ2n) is 4.76. The van der Waals surface area contributed by atoms with Crippen molar-refractivity contribution >= 4 is 17.4 Å². The Morgan fingerprint density at radius 1 is 1.14 bits per heavy atom. The Labute approximate surface area is 122 Å². The lowest BCUT2D eigenvalue weighted by Crippen LogP contribution is -2.16. The van der Waals surface area contributed by atoms with Crippen LogP contribution in [-0.2, 0) is 0 Å². The number of nitrogens with one attached hydrogen (secondary N) is 1. The number of benzene rings is 1. The SMILES string of the molecule is Cc1nc2ccc(NC(=O)Oc3ccccc3)cn2c1C.